The van der Waals surface area contributed by atoms with Crippen molar-refractivity contribution >= 4 is 5.91 Å². The van der Waals surface area contributed by atoms with E-state index in [-0.39, 0.29) is 11.5 Å². The van der Waals surface area contributed by atoms with E-state index in [0.29, 0.717) is 11.8 Å². The number of nitrogens with zero attached hydrogens (tertiary/aromatic N) is 1. The summed E-state index contributed by atoms with van der Waals surface area (Å²) in [6.45, 7) is 6.13. The second-order valence-electron chi connectivity index (χ2n) is 6.39. The van der Waals surface area contributed by atoms with Crippen LogP contribution < -0.4 is 5.73 Å². The molecule has 0 aromatic rings. The van der Waals surface area contributed by atoms with Gasteiger partial charge in [-0.05, 0) is 38.0 Å². The van der Waals surface area contributed by atoms with E-state index in [9.17, 15) is 4.79 Å². The maximum absolute atomic E-state index is 12.7. The first-order chi connectivity index (χ1) is 8.03. The molecule has 98 valence electrons. The number of amides is 1. The first kappa shape index (κ1) is 12.9. The second-order valence-corrected chi connectivity index (χ2v) is 6.39. The SMILES string of the molecule is CC(C)CC1(C(=O)N2CCCC(N)C2)CCC1. The van der Waals surface area contributed by atoms with Gasteiger partial charge in [0.1, 0.15) is 0 Å². The van der Waals surface area contributed by atoms with Crippen LogP contribution in [0.1, 0.15) is 52.4 Å². The molecule has 1 unspecified atom stereocenters. The molecule has 1 aliphatic carbocycles. The Balaban J connectivity index is 2.01. The number of hydrogen-bond donors (Lipinski definition) is 1. The number of hydrogen-bond acceptors (Lipinski definition) is 2. The van der Waals surface area contributed by atoms with Gasteiger partial charge in [0.15, 0.2) is 0 Å². The molecular weight excluding hydrogens is 212 g/mol. The van der Waals surface area contributed by atoms with E-state index in [2.05, 4.69) is 13.8 Å². The third kappa shape index (κ3) is 2.65. The number of nitrogens with two attached hydrogens (primary N) is 1. The Kier molecular flexibility index (Phi) is 3.76. The van der Waals surface area contributed by atoms with Gasteiger partial charge in [-0.25, -0.2) is 0 Å². The molecule has 0 bridgehead atoms. The van der Waals surface area contributed by atoms with Gasteiger partial charge in [-0.2, -0.15) is 0 Å². The lowest BCUT2D eigenvalue weighted by Crippen LogP contribution is -2.53. The van der Waals surface area contributed by atoms with Crippen LogP contribution in [-0.2, 0) is 4.79 Å². The average Bonchev–Trinajstić information content (AvgIpc) is 2.22. The zero-order valence-electron chi connectivity index (χ0n) is 11.2. The molecule has 0 spiro atoms. The van der Waals surface area contributed by atoms with Gasteiger partial charge in [-0.3, -0.25) is 4.79 Å². The third-order valence-electron chi connectivity index (χ3n) is 4.31. The van der Waals surface area contributed by atoms with E-state index in [1.807, 2.05) is 4.90 Å². The molecule has 1 saturated carbocycles. The molecule has 0 aromatic carbocycles. The first-order valence-electron chi connectivity index (χ1n) is 7.08. The highest BCUT2D eigenvalue weighted by molar-refractivity contribution is 5.83. The van der Waals surface area contributed by atoms with Crippen LogP contribution in [0.4, 0.5) is 0 Å². The Morgan fingerprint density at radius 1 is 1.41 bits per heavy atom. The van der Waals surface area contributed by atoms with Crippen LogP contribution in [0.15, 0.2) is 0 Å². The van der Waals surface area contributed by atoms with Crippen molar-refractivity contribution < 1.29 is 4.79 Å². The lowest BCUT2D eigenvalue weighted by molar-refractivity contribution is -0.150. The fourth-order valence-corrected chi connectivity index (χ4v) is 3.42. The molecule has 1 saturated heterocycles. The van der Waals surface area contributed by atoms with Crippen molar-refractivity contribution in [2.75, 3.05) is 13.1 Å². The highest BCUT2D eigenvalue weighted by atomic mass is 16.2. The van der Waals surface area contributed by atoms with Crippen LogP contribution in [0.3, 0.4) is 0 Å². The summed E-state index contributed by atoms with van der Waals surface area (Å²) in [5.41, 5.74) is 5.95. The van der Waals surface area contributed by atoms with Gasteiger partial charge in [0, 0.05) is 24.5 Å². The van der Waals surface area contributed by atoms with Gasteiger partial charge < -0.3 is 10.6 Å². The van der Waals surface area contributed by atoms with E-state index in [1.54, 1.807) is 0 Å². The van der Waals surface area contributed by atoms with Crippen molar-refractivity contribution in [2.24, 2.45) is 17.1 Å². The minimum atomic E-state index is -0.0226. The summed E-state index contributed by atoms with van der Waals surface area (Å²) < 4.78 is 0. The minimum Gasteiger partial charge on any atom is -0.341 e. The maximum atomic E-state index is 12.7. The van der Waals surface area contributed by atoms with Crippen molar-refractivity contribution in [1.82, 2.24) is 4.90 Å². The van der Waals surface area contributed by atoms with E-state index in [0.717, 1.165) is 45.2 Å². The summed E-state index contributed by atoms with van der Waals surface area (Å²) in [5.74, 6) is 1.00. The fraction of sp³-hybridized carbons (Fsp3) is 0.929. The summed E-state index contributed by atoms with van der Waals surface area (Å²) in [7, 11) is 0. The molecule has 17 heavy (non-hydrogen) atoms. The molecule has 1 aliphatic heterocycles. The molecule has 0 radical (unpaired) electrons. The molecule has 2 fully saturated rings. The highest BCUT2D eigenvalue weighted by Crippen LogP contribution is 2.47. The summed E-state index contributed by atoms with van der Waals surface area (Å²) in [5, 5.41) is 0. The van der Waals surface area contributed by atoms with Crippen molar-refractivity contribution in [3.8, 4) is 0 Å². The van der Waals surface area contributed by atoms with Gasteiger partial charge in [0.05, 0.1) is 0 Å². The van der Waals surface area contributed by atoms with Gasteiger partial charge >= 0.3 is 0 Å². The van der Waals surface area contributed by atoms with Crippen molar-refractivity contribution in [3.05, 3.63) is 0 Å². The monoisotopic (exact) mass is 238 g/mol. The molecule has 3 heteroatoms. The molecule has 2 rings (SSSR count). The summed E-state index contributed by atoms with van der Waals surface area (Å²) in [6.07, 6.45) is 6.60. The van der Waals surface area contributed by atoms with Crippen molar-refractivity contribution in [3.63, 3.8) is 0 Å². The van der Waals surface area contributed by atoms with Crippen LogP contribution in [0.25, 0.3) is 0 Å². The maximum Gasteiger partial charge on any atom is 0.228 e. The topological polar surface area (TPSA) is 46.3 Å². The van der Waals surface area contributed by atoms with Gasteiger partial charge in [0.25, 0.3) is 0 Å². The first-order valence-corrected chi connectivity index (χ1v) is 7.08. The molecule has 2 N–H and O–H groups in total. The molecule has 1 amide bonds. The molecule has 0 aromatic heterocycles. The van der Waals surface area contributed by atoms with Crippen LogP contribution in [0.5, 0.6) is 0 Å². The molecule has 2 aliphatic rings. The summed E-state index contributed by atoms with van der Waals surface area (Å²) in [6, 6.07) is 0.198. The minimum absolute atomic E-state index is 0.0226. The highest BCUT2D eigenvalue weighted by Gasteiger charge is 2.46. The third-order valence-corrected chi connectivity index (χ3v) is 4.31. The lowest BCUT2D eigenvalue weighted by Gasteiger charge is -2.46. The van der Waals surface area contributed by atoms with Crippen LogP contribution in [-0.4, -0.2) is 29.9 Å². The van der Waals surface area contributed by atoms with Gasteiger partial charge in [0.2, 0.25) is 5.91 Å². The van der Waals surface area contributed by atoms with Crippen molar-refractivity contribution in [1.29, 1.82) is 0 Å². The van der Waals surface area contributed by atoms with Crippen LogP contribution >= 0.6 is 0 Å². The summed E-state index contributed by atoms with van der Waals surface area (Å²) >= 11 is 0. The Hall–Kier alpha value is -0.570. The lowest BCUT2D eigenvalue weighted by atomic mass is 9.63. The Morgan fingerprint density at radius 2 is 2.12 bits per heavy atom. The number of carbonyl (C=O) groups is 1. The van der Waals surface area contributed by atoms with Gasteiger partial charge in [-0.15, -0.1) is 0 Å². The predicted octanol–water partition coefficient (Wildman–Crippen LogP) is 2.15. The molecule has 3 nitrogen and oxygen atoms in total. The van der Waals surface area contributed by atoms with E-state index in [1.165, 1.54) is 6.42 Å². The molecular formula is C14H26N2O. The standard InChI is InChI=1S/C14H26N2O/c1-11(2)9-14(6-4-7-14)13(17)16-8-3-5-12(15)10-16/h11-12H,3-10,15H2,1-2H3. The van der Waals surface area contributed by atoms with E-state index < -0.39 is 0 Å². The number of likely N-dealkylation sites (tertiary alicyclic amines) is 1. The fourth-order valence-electron chi connectivity index (χ4n) is 3.42. The van der Waals surface area contributed by atoms with Gasteiger partial charge in [-0.1, -0.05) is 20.3 Å². The Morgan fingerprint density at radius 3 is 2.59 bits per heavy atom. The number of carbonyl (C=O) groups excluding carboxylic acids is 1. The number of rotatable bonds is 3. The largest absolute Gasteiger partial charge is 0.341 e. The summed E-state index contributed by atoms with van der Waals surface area (Å²) in [4.78, 5) is 14.7. The predicted molar refractivity (Wildman–Crippen MR) is 69.5 cm³/mol. The zero-order chi connectivity index (χ0) is 12.5. The quantitative estimate of drug-likeness (QED) is 0.819. The van der Waals surface area contributed by atoms with Crippen molar-refractivity contribution in [2.45, 2.75) is 58.4 Å². The van der Waals surface area contributed by atoms with E-state index in [4.69, 9.17) is 5.73 Å². The van der Waals surface area contributed by atoms with E-state index >= 15 is 0 Å². The smallest absolute Gasteiger partial charge is 0.228 e. The Labute approximate surface area is 105 Å². The van der Waals surface area contributed by atoms with Crippen LogP contribution in [0, 0.1) is 11.3 Å². The zero-order valence-corrected chi connectivity index (χ0v) is 11.2. The number of piperidine rings is 1. The second kappa shape index (κ2) is 4.97. The molecule has 1 heterocycles. The van der Waals surface area contributed by atoms with Crippen LogP contribution in [0.2, 0.25) is 0 Å². The average molecular weight is 238 g/mol. The Bertz CT molecular complexity index is 284. The molecule has 1 atom stereocenters. The normalized spacial score (nSPS) is 28.0.